The number of benzene rings is 2. The highest BCUT2D eigenvalue weighted by atomic mass is 35.5. The molecule has 0 saturated carbocycles. The fraction of sp³-hybridized carbons (Fsp3) is 0.200. The van der Waals surface area contributed by atoms with E-state index in [1.165, 1.54) is 25.1 Å². The average Bonchev–Trinajstić information content (AvgIpc) is 2.42. The number of hydrogen-bond acceptors (Lipinski definition) is 2. The zero-order valence-electron chi connectivity index (χ0n) is 11.8. The number of nitrogens with two attached hydrogens (primary N) is 1. The standard InChI is InChI=1S/C15H12F5NO.ClH/c1-8-2-7-11(16)12(13(8)17)14(21)9-3-5-10(6-4-9)22-15(18,19)20;/h2-7,14H,21H2,1H3;1H/t14-;/m0./s1. The lowest BCUT2D eigenvalue weighted by Crippen LogP contribution is -2.18. The van der Waals surface area contributed by atoms with Crippen molar-refractivity contribution >= 4 is 12.4 Å². The summed E-state index contributed by atoms with van der Waals surface area (Å²) in [5, 5.41) is 0. The molecule has 1 atom stereocenters. The summed E-state index contributed by atoms with van der Waals surface area (Å²) in [5.74, 6) is -2.03. The summed E-state index contributed by atoms with van der Waals surface area (Å²) >= 11 is 0. The Labute approximate surface area is 135 Å². The Hall–Kier alpha value is -1.86. The Morgan fingerprint density at radius 1 is 1.00 bits per heavy atom. The van der Waals surface area contributed by atoms with Gasteiger partial charge in [-0.1, -0.05) is 18.2 Å². The summed E-state index contributed by atoms with van der Waals surface area (Å²) in [6, 6.07) is 5.76. The van der Waals surface area contributed by atoms with Crippen molar-refractivity contribution in [1.29, 1.82) is 0 Å². The lowest BCUT2D eigenvalue weighted by atomic mass is 9.97. The molecule has 0 spiro atoms. The Balaban J connectivity index is 0.00000264. The smallest absolute Gasteiger partial charge is 0.406 e. The van der Waals surface area contributed by atoms with Gasteiger partial charge in [0.1, 0.15) is 17.4 Å². The fourth-order valence-electron chi connectivity index (χ4n) is 2.01. The first-order valence-corrected chi connectivity index (χ1v) is 6.25. The molecule has 0 fully saturated rings. The van der Waals surface area contributed by atoms with Crippen LogP contribution >= 0.6 is 12.4 Å². The molecule has 0 radical (unpaired) electrons. The van der Waals surface area contributed by atoms with Crippen LogP contribution in [0.25, 0.3) is 0 Å². The van der Waals surface area contributed by atoms with E-state index in [0.717, 1.165) is 18.2 Å². The normalized spacial score (nSPS) is 12.5. The maximum Gasteiger partial charge on any atom is 0.573 e. The van der Waals surface area contributed by atoms with Crippen molar-refractivity contribution in [2.75, 3.05) is 0 Å². The number of hydrogen-bond donors (Lipinski definition) is 1. The van der Waals surface area contributed by atoms with Gasteiger partial charge in [-0.05, 0) is 36.2 Å². The van der Waals surface area contributed by atoms with E-state index in [-0.39, 0.29) is 29.1 Å². The van der Waals surface area contributed by atoms with E-state index in [1.54, 1.807) is 0 Å². The van der Waals surface area contributed by atoms with Crippen LogP contribution in [0.3, 0.4) is 0 Å². The quantitative estimate of drug-likeness (QED) is 0.816. The van der Waals surface area contributed by atoms with Crippen molar-refractivity contribution in [3.8, 4) is 5.75 Å². The highest BCUT2D eigenvalue weighted by molar-refractivity contribution is 5.85. The van der Waals surface area contributed by atoms with Crippen molar-refractivity contribution in [1.82, 2.24) is 0 Å². The van der Waals surface area contributed by atoms with Crippen molar-refractivity contribution in [3.05, 3.63) is 64.7 Å². The van der Waals surface area contributed by atoms with Gasteiger partial charge in [-0.25, -0.2) is 8.78 Å². The summed E-state index contributed by atoms with van der Waals surface area (Å²) in [6.45, 7) is 1.46. The van der Waals surface area contributed by atoms with Crippen LogP contribution < -0.4 is 10.5 Å². The molecule has 23 heavy (non-hydrogen) atoms. The molecule has 0 bridgehead atoms. The fourth-order valence-corrected chi connectivity index (χ4v) is 2.01. The van der Waals surface area contributed by atoms with Crippen LogP contribution in [0.15, 0.2) is 36.4 Å². The number of aryl methyl sites for hydroxylation is 1. The van der Waals surface area contributed by atoms with Crippen molar-refractivity contribution < 1.29 is 26.7 Å². The van der Waals surface area contributed by atoms with Crippen LogP contribution in [-0.2, 0) is 0 Å². The van der Waals surface area contributed by atoms with Crippen LogP contribution in [0.1, 0.15) is 22.7 Å². The minimum atomic E-state index is -4.81. The van der Waals surface area contributed by atoms with Crippen LogP contribution in [0, 0.1) is 18.6 Å². The monoisotopic (exact) mass is 353 g/mol. The lowest BCUT2D eigenvalue weighted by Gasteiger charge is -2.16. The van der Waals surface area contributed by atoms with E-state index in [2.05, 4.69) is 4.74 Å². The lowest BCUT2D eigenvalue weighted by molar-refractivity contribution is -0.274. The van der Waals surface area contributed by atoms with E-state index in [0.29, 0.717) is 0 Å². The van der Waals surface area contributed by atoms with Gasteiger partial charge in [0.2, 0.25) is 0 Å². The van der Waals surface area contributed by atoms with E-state index in [9.17, 15) is 22.0 Å². The van der Waals surface area contributed by atoms with Gasteiger partial charge in [0.05, 0.1) is 6.04 Å². The van der Waals surface area contributed by atoms with Gasteiger partial charge in [0.25, 0.3) is 0 Å². The maximum atomic E-state index is 14.0. The van der Waals surface area contributed by atoms with E-state index in [4.69, 9.17) is 5.73 Å². The van der Waals surface area contributed by atoms with Gasteiger partial charge in [-0.3, -0.25) is 0 Å². The average molecular weight is 354 g/mol. The summed E-state index contributed by atoms with van der Waals surface area (Å²) in [6.07, 6.45) is -4.81. The zero-order valence-corrected chi connectivity index (χ0v) is 12.6. The molecule has 2 rings (SSSR count). The van der Waals surface area contributed by atoms with Gasteiger partial charge in [-0.15, -0.1) is 25.6 Å². The molecule has 2 nitrogen and oxygen atoms in total. The third kappa shape index (κ3) is 4.56. The second-order valence-corrected chi connectivity index (χ2v) is 4.69. The Kier molecular flexibility index (Phi) is 5.96. The molecule has 2 aromatic rings. The number of rotatable bonds is 3. The largest absolute Gasteiger partial charge is 0.573 e. The molecule has 2 aromatic carbocycles. The topological polar surface area (TPSA) is 35.2 Å². The van der Waals surface area contributed by atoms with Gasteiger partial charge in [0.15, 0.2) is 0 Å². The Bertz CT molecular complexity index is 673. The van der Waals surface area contributed by atoms with Gasteiger partial charge >= 0.3 is 6.36 Å². The molecule has 0 aromatic heterocycles. The summed E-state index contributed by atoms with van der Waals surface area (Å²) in [4.78, 5) is 0. The first-order valence-electron chi connectivity index (χ1n) is 6.25. The molecule has 126 valence electrons. The summed E-state index contributed by atoms with van der Waals surface area (Å²) in [5.41, 5.74) is 5.98. The second kappa shape index (κ2) is 7.14. The van der Waals surface area contributed by atoms with Crippen LogP contribution in [0.5, 0.6) is 5.75 Å². The molecule has 0 aliphatic carbocycles. The molecule has 0 heterocycles. The molecule has 2 N–H and O–H groups in total. The van der Waals surface area contributed by atoms with Crippen LogP contribution in [0.4, 0.5) is 22.0 Å². The maximum absolute atomic E-state index is 14.0. The Morgan fingerprint density at radius 3 is 2.09 bits per heavy atom. The first kappa shape index (κ1) is 19.2. The van der Waals surface area contributed by atoms with Gasteiger partial charge in [-0.2, -0.15) is 0 Å². The predicted molar refractivity (Wildman–Crippen MR) is 77.5 cm³/mol. The molecular weight excluding hydrogens is 341 g/mol. The Morgan fingerprint density at radius 2 is 1.57 bits per heavy atom. The van der Waals surface area contributed by atoms with Crippen molar-refractivity contribution in [2.45, 2.75) is 19.3 Å². The SMILES string of the molecule is Cc1ccc(F)c([C@@H](N)c2ccc(OC(F)(F)F)cc2)c1F.Cl. The third-order valence-electron chi connectivity index (χ3n) is 3.10. The molecule has 8 heteroatoms. The van der Waals surface area contributed by atoms with Crippen molar-refractivity contribution in [3.63, 3.8) is 0 Å². The molecular formula is C15H13ClF5NO. The minimum absolute atomic E-state index is 0. The van der Waals surface area contributed by atoms with Crippen molar-refractivity contribution in [2.24, 2.45) is 5.73 Å². The number of alkyl halides is 3. The number of halogens is 6. The molecule has 0 amide bonds. The van der Waals surface area contributed by atoms with Crippen LogP contribution in [-0.4, -0.2) is 6.36 Å². The summed E-state index contributed by atoms with van der Waals surface area (Å²) < 4.78 is 67.7. The number of ether oxygens (including phenoxy) is 1. The minimum Gasteiger partial charge on any atom is -0.406 e. The summed E-state index contributed by atoms with van der Waals surface area (Å²) in [7, 11) is 0. The predicted octanol–water partition coefficient (Wildman–Crippen LogP) is 4.64. The van der Waals surface area contributed by atoms with E-state index in [1.807, 2.05) is 0 Å². The van der Waals surface area contributed by atoms with E-state index >= 15 is 0 Å². The molecule has 0 aliphatic rings. The van der Waals surface area contributed by atoms with Crippen LogP contribution in [0.2, 0.25) is 0 Å². The zero-order chi connectivity index (χ0) is 16.5. The molecule has 0 aliphatic heterocycles. The molecule has 0 saturated heterocycles. The highest BCUT2D eigenvalue weighted by Crippen LogP contribution is 2.29. The third-order valence-corrected chi connectivity index (χ3v) is 3.10. The molecule has 0 unspecified atom stereocenters. The highest BCUT2D eigenvalue weighted by Gasteiger charge is 2.31. The second-order valence-electron chi connectivity index (χ2n) is 4.69. The van der Waals surface area contributed by atoms with Gasteiger partial charge < -0.3 is 10.5 Å². The van der Waals surface area contributed by atoms with E-state index < -0.39 is 29.8 Å². The first-order chi connectivity index (χ1) is 10.2. The van der Waals surface area contributed by atoms with Gasteiger partial charge in [0, 0.05) is 5.56 Å².